The topological polar surface area (TPSA) is 24.9 Å². The molecular formula is C17H26N2. The van der Waals surface area contributed by atoms with Crippen molar-refractivity contribution in [1.82, 2.24) is 10.3 Å². The molecule has 1 heterocycles. The summed E-state index contributed by atoms with van der Waals surface area (Å²) in [5.74, 6) is 1.68. The van der Waals surface area contributed by atoms with Gasteiger partial charge < -0.3 is 5.32 Å². The van der Waals surface area contributed by atoms with Crippen LogP contribution in [0.2, 0.25) is 0 Å². The third-order valence-electron chi connectivity index (χ3n) is 4.79. The van der Waals surface area contributed by atoms with Gasteiger partial charge in [0.15, 0.2) is 0 Å². The lowest BCUT2D eigenvalue weighted by atomic mass is 9.83. The minimum atomic E-state index is 0.713. The fourth-order valence-corrected chi connectivity index (χ4v) is 3.63. The number of hydrogen-bond acceptors (Lipinski definition) is 2. The Morgan fingerprint density at radius 1 is 1.37 bits per heavy atom. The Morgan fingerprint density at radius 3 is 3.05 bits per heavy atom. The quantitative estimate of drug-likeness (QED) is 0.842. The van der Waals surface area contributed by atoms with Crippen LogP contribution in [-0.2, 0) is 6.42 Å². The van der Waals surface area contributed by atoms with Crippen molar-refractivity contribution in [3.05, 3.63) is 29.6 Å². The largest absolute Gasteiger partial charge is 0.314 e. The van der Waals surface area contributed by atoms with Crippen LogP contribution in [-0.4, -0.2) is 17.6 Å². The molecule has 0 radical (unpaired) electrons. The first-order valence-corrected chi connectivity index (χ1v) is 8.05. The van der Waals surface area contributed by atoms with Crippen molar-refractivity contribution < 1.29 is 0 Å². The summed E-state index contributed by atoms with van der Waals surface area (Å²) < 4.78 is 0. The van der Waals surface area contributed by atoms with Gasteiger partial charge in [-0.2, -0.15) is 0 Å². The van der Waals surface area contributed by atoms with Gasteiger partial charge in [-0.15, -0.1) is 0 Å². The number of nitrogens with one attached hydrogen (secondary N) is 1. The standard InChI is InChI=1S/C17H26N2/c1-2-18-16(13-8-9-13)11-10-15-6-3-5-14-7-4-12-19-17(14)15/h4,7,12-13,15-16,18H,2-3,5-6,8-11H2,1H3. The van der Waals surface area contributed by atoms with E-state index < -0.39 is 0 Å². The first-order chi connectivity index (χ1) is 9.38. The fraction of sp³-hybridized carbons (Fsp3) is 0.706. The van der Waals surface area contributed by atoms with Crippen molar-refractivity contribution in [1.29, 1.82) is 0 Å². The third-order valence-corrected chi connectivity index (χ3v) is 4.79. The van der Waals surface area contributed by atoms with E-state index in [4.69, 9.17) is 0 Å². The molecule has 0 aliphatic heterocycles. The lowest BCUT2D eigenvalue weighted by Gasteiger charge is -2.26. The van der Waals surface area contributed by atoms with Gasteiger partial charge in [-0.25, -0.2) is 0 Å². The molecule has 0 bridgehead atoms. The van der Waals surface area contributed by atoms with E-state index in [2.05, 4.69) is 29.4 Å². The van der Waals surface area contributed by atoms with Gasteiger partial charge in [0.2, 0.25) is 0 Å². The maximum atomic E-state index is 4.66. The van der Waals surface area contributed by atoms with Crippen LogP contribution in [0.5, 0.6) is 0 Å². The Balaban J connectivity index is 1.61. The van der Waals surface area contributed by atoms with Crippen LogP contribution in [0.4, 0.5) is 0 Å². The third kappa shape index (κ3) is 3.17. The Bertz CT molecular complexity index is 411. The zero-order valence-electron chi connectivity index (χ0n) is 12.1. The highest BCUT2D eigenvalue weighted by Crippen LogP contribution is 2.38. The van der Waals surface area contributed by atoms with E-state index in [-0.39, 0.29) is 0 Å². The molecule has 0 spiro atoms. The van der Waals surface area contributed by atoms with Gasteiger partial charge in [0, 0.05) is 23.9 Å². The predicted octanol–water partition coefficient (Wildman–Crippen LogP) is 3.67. The zero-order valence-corrected chi connectivity index (χ0v) is 12.1. The van der Waals surface area contributed by atoms with Gasteiger partial charge in [0.05, 0.1) is 0 Å². The van der Waals surface area contributed by atoms with Gasteiger partial charge in [-0.1, -0.05) is 13.0 Å². The molecule has 1 aromatic heterocycles. The monoisotopic (exact) mass is 258 g/mol. The highest BCUT2D eigenvalue weighted by molar-refractivity contribution is 5.25. The number of fused-ring (bicyclic) bond motifs is 1. The van der Waals surface area contributed by atoms with E-state index in [1.165, 1.54) is 56.2 Å². The fourth-order valence-electron chi connectivity index (χ4n) is 3.63. The molecule has 2 aliphatic rings. The summed E-state index contributed by atoms with van der Waals surface area (Å²) in [6.45, 7) is 3.34. The maximum absolute atomic E-state index is 4.66. The van der Waals surface area contributed by atoms with Crippen LogP contribution in [0, 0.1) is 5.92 Å². The van der Waals surface area contributed by atoms with Crippen molar-refractivity contribution >= 4 is 0 Å². The lowest BCUT2D eigenvalue weighted by molar-refractivity contribution is 0.395. The minimum absolute atomic E-state index is 0.713. The molecule has 2 aliphatic carbocycles. The maximum Gasteiger partial charge on any atom is 0.0466 e. The summed E-state index contributed by atoms with van der Waals surface area (Å²) in [5.41, 5.74) is 2.91. The summed E-state index contributed by atoms with van der Waals surface area (Å²) in [6.07, 6.45) is 11.4. The molecule has 0 aromatic carbocycles. The van der Waals surface area contributed by atoms with Crippen LogP contribution in [0.3, 0.4) is 0 Å². The van der Waals surface area contributed by atoms with Crippen molar-refractivity contribution in [3.63, 3.8) is 0 Å². The van der Waals surface area contributed by atoms with Gasteiger partial charge in [0.1, 0.15) is 0 Å². The van der Waals surface area contributed by atoms with Gasteiger partial charge in [0.25, 0.3) is 0 Å². The number of hydrogen-bond donors (Lipinski definition) is 1. The molecule has 2 nitrogen and oxygen atoms in total. The van der Waals surface area contributed by atoms with Crippen molar-refractivity contribution in [2.45, 2.75) is 63.8 Å². The van der Waals surface area contributed by atoms with E-state index >= 15 is 0 Å². The van der Waals surface area contributed by atoms with E-state index in [1.807, 2.05) is 6.20 Å². The molecule has 1 fully saturated rings. The van der Waals surface area contributed by atoms with Crippen molar-refractivity contribution in [3.8, 4) is 0 Å². The summed E-state index contributed by atoms with van der Waals surface area (Å²) in [5, 5.41) is 3.69. The Kier molecular flexibility index (Phi) is 4.17. The Morgan fingerprint density at radius 2 is 2.26 bits per heavy atom. The highest BCUT2D eigenvalue weighted by atomic mass is 14.9. The van der Waals surface area contributed by atoms with Gasteiger partial charge >= 0.3 is 0 Å². The average Bonchev–Trinajstić information content (AvgIpc) is 3.28. The molecule has 0 amide bonds. The normalized spacial score (nSPS) is 23.9. The number of pyridine rings is 1. The first-order valence-electron chi connectivity index (χ1n) is 8.05. The second-order valence-corrected chi connectivity index (χ2v) is 6.22. The van der Waals surface area contributed by atoms with Crippen LogP contribution in [0.15, 0.2) is 18.3 Å². The SMILES string of the molecule is CCNC(CCC1CCCc2cccnc21)C1CC1. The highest BCUT2D eigenvalue weighted by Gasteiger charge is 2.31. The molecule has 2 heteroatoms. The second-order valence-electron chi connectivity index (χ2n) is 6.22. The molecule has 1 saturated carbocycles. The molecule has 2 unspecified atom stereocenters. The van der Waals surface area contributed by atoms with Crippen LogP contribution in [0.1, 0.15) is 62.6 Å². The van der Waals surface area contributed by atoms with Crippen molar-refractivity contribution in [2.24, 2.45) is 5.92 Å². The van der Waals surface area contributed by atoms with Gasteiger partial charge in [-0.05, 0) is 69.0 Å². The Hall–Kier alpha value is -0.890. The molecular weight excluding hydrogens is 232 g/mol. The zero-order chi connectivity index (χ0) is 13.1. The second kappa shape index (κ2) is 6.04. The Labute approximate surface area is 117 Å². The van der Waals surface area contributed by atoms with Crippen LogP contribution >= 0.6 is 0 Å². The van der Waals surface area contributed by atoms with Gasteiger partial charge in [-0.3, -0.25) is 4.98 Å². The molecule has 1 aromatic rings. The summed E-state index contributed by atoms with van der Waals surface area (Å²) in [4.78, 5) is 4.66. The van der Waals surface area contributed by atoms with Crippen LogP contribution < -0.4 is 5.32 Å². The number of rotatable bonds is 6. The summed E-state index contributed by atoms with van der Waals surface area (Å²) in [7, 11) is 0. The minimum Gasteiger partial charge on any atom is -0.314 e. The molecule has 0 saturated heterocycles. The smallest absolute Gasteiger partial charge is 0.0466 e. The lowest BCUT2D eigenvalue weighted by Crippen LogP contribution is -2.31. The number of aromatic nitrogens is 1. The number of aryl methyl sites for hydroxylation is 1. The van der Waals surface area contributed by atoms with E-state index in [9.17, 15) is 0 Å². The molecule has 104 valence electrons. The summed E-state index contributed by atoms with van der Waals surface area (Å²) >= 11 is 0. The van der Waals surface area contributed by atoms with Crippen LogP contribution in [0.25, 0.3) is 0 Å². The first kappa shape index (κ1) is 13.1. The van der Waals surface area contributed by atoms with Crippen molar-refractivity contribution in [2.75, 3.05) is 6.54 Å². The molecule has 19 heavy (non-hydrogen) atoms. The van der Waals surface area contributed by atoms with E-state index in [1.54, 1.807) is 0 Å². The van der Waals surface area contributed by atoms with E-state index in [0.29, 0.717) is 5.92 Å². The molecule has 2 atom stereocenters. The summed E-state index contributed by atoms with van der Waals surface area (Å²) in [6, 6.07) is 5.13. The molecule has 3 rings (SSSR count). The molecule has 1 N–H and O–H groups in total. The van der Waals surface area contributed by atoms with E-state index in [0.717, 1.165) is 18.5 Å². The number of nitrogens with zero attached hydrogens (tertiary/aromatic N) is 1. The predicted molar refractivity (Wildman–Crippen MR) is 79.3 cm³/mol. The average molecular weight is 258 g/mol.